The van der Waals surface area contributed by atoms with Gasteiger partial charge in [0.05, 0.1) is 12.1 Å². The minimum Gasteiger partial charge on any atom is -0.357 e. The first-order valence-corrected chi connectivity index (χ1v) is 11.7. The van der Waals surface area contributed by atoms with E-state index in [4.69, 9.17) is 11.6 Å². The Labute approximate surface area is 193 Å². The number of aryl methyl sites for hydroxylation is 1. The van der Waals surface area contributed by atoms with Crippen molar-refractivity contribution in [1.29, 1.82) is 0 Å². The van der Waals surface area contributed by atoms with Crippen molar-refractivity contribution >= 4 is 28.5 Å². The maximum atomic E-state index is 13.4. The molecule has 1 aliphatic heterocycles. The van der Waals surface area contributed by atoms with Gasteiger partial charge >= 0.3 is 5.69 Å². The lowest BCUT2D eigenvalue weighted by Crippen LogP contribution is -2.38. The van der Waals surface area contributed by atoms with Gasteiger partial charge in [-0.3, -0.25) is 13.9 Å². The van der Waals surface area contributed by atoms with Gasteiger partial charge in [0.15, 0.2) is 0 Å². The minimum absolute atomic E-state index is 0.275. The van der Waals surface area contributed by atoms with Crippen LogP contribution in [0, 0.1) is 5.92 Å². The molecule has 1 aromatic carbocycles. The first-order chi connectivity index (χ1) is 15.4. The third-order valence-electron chi connectivity index (χ3n) is 6.76. The van der Waals surface area contributed by atoms with E-state index >= 15 is 0 Å². The number of aromatic nitrogens is 3. The highest BCUT2D eigenvalue weighted by Crippen LogP contribution is 2.35. The second-order valence-electron chi connectivity index (χ2n) is 8.78. The number of rotatable bonds is 6. The monoisotopic (exact) mass is 457 g/mol. The average Bonchev–Trinajstić information content (AvgIpc) is 3.11. The molecule has 1 atom stereocenters. The Bertz CT molecular complexity index is 1260. The van der Waals surface area contributed by atoms with Gasteiger partial charge in [-0.1, -0.05) is 43.1 Å². The molecule has 0 spiro atoms. The second kappa shape index (κ2) is 9.16. The lowest BCUT2D eigenvalue weighted by Gasteiger charge is -2.35. The van der Waals surface area contributed by atoms with Crippen LogP contribution in [0.4, 0.5) is 5.82 Å². The van der Waals surface area contributed by atoms with Crippen LogP contribution in [0.25, 0.3) is 11.0 Å². The maximum absolute atomic E-state index is 13.4. The SMILES string of the molecule is CC[C@@H]1CCCN(c2c(CNC)c3c(c(=O)n(C)c(=O)n3C)n2Cc2ccccc2Cl)C1. The summed E-state index contributed by atoms with van der Waals surface area (Å²) in [5.41, 5.74) is 2.60. The Hall–Kier alpha value is -2.51. The molecule has 0 bridgehead atoms. The molecule has 2 aromatic heterocycles. The normalized spacial score (nSPS) is 16.8. The van der Waals surface area contributed by atoms with Crippen molar-refractivity contribution in [3.05, 3.63) is 61.3 Å². The first-order valence-electron chi connectivity index (χ1n) is 11.3. The molecule has 3 aromatic rings. The van der Waals surface area contributed by atoms with E-state index in [1.54, 1.807) is 18.7 Å². The van der Waals surface area contributed by atoms with Gasteiger partial charge in [-0.15, -0.1) is 0 Å². The van der Waals surface area contributed by atoms with Crippen molar-refractivity contribution in [1.82, 2.24) is 19.0 Å². The van der Waals surface area contributed by atoms with Gasteiger partial charge in [0.25, 0.3) is 5.56 Å². The topological polar surface area (TPSA) is 64.2 Å². The van der Waals surface area contributed by atoms with Gasteiger partial charge in [0.2, 0.25) is 0 Å². The summed E-state index contributed by atoms with van der Waals surface area (Å²) >= 11 is 6.53. The van der Waals surface area contributed by atoms with Crippen molar-refractivity contribution in [2.75, 3.05) is 25.0 Å². The van der Waals surface area contributed by atoms with E-state index in [1.807, 2.05) is 31.3 Å². The standard InChI is InChI=1S/C24H32ClN5O2/c1-5-16-9-8-12-29(14-16)22-18(13-26-2)20-21(23(31)28(4)24(32)27(20)3)30(22)15-17-10-6-7-11-19(17)25/h6-7,10-11,16,26H,5,8-9,12-15H2,1-4H3/t16-/m1/s1. The Morgan fingerprint density at radius 3 is 2.56 bits per heavy atom. The second-order valence-corrected chi connectivity index (χ2v) is 9.18. The van der Waals surface area contributed by atoms with Crippen LogP contribution in [0.2, 0.25) is 5.02 Å². The predicted molar refractivity (Wildman–Crippen MR) is 131 cm³/mol. The molecule has 1 saturated heterocycles. The summed E-state index contributed by atoms with van der Waals surface area (Å²) in [7, 11) is 5.19. The van der Waals surface area contributed by atoms with Gasteiger partial charge < -0.3 is 14.8 Å². The van der Waals surface area contributed by atoms with Crippen molar-refractivity contribution in [3.63, 3.8) is 0 Å². The third kappa shape index (κ3) is 3.77. The molecule has 7 nitrogen and oxygen atoms in total. The Morgan fingerprint density at radius 2 is 1.88 bits per heavy atom. The lowest BCUT2D eigenvalue weighted by molar-refractivity contribution is 0.400. The van der Waals surface area contributed by atoms with Gasteiger partial charge in [0, 0.05) is 44.3 Å². The lowest BCUT2D eigenvalue weighted by atomic mass is 9.95. The highest BCUT2D eigenvalue weighted by Gasteiger charge is 2.29. The summed E-state index contributed by atoms with van der Waals surface area (Å²) in [5, 5.41) is 3.93. The maximum Gasteiger partial charge on any atom is 0.331 e. The van der Waals surface area contributed by atoms with E-state index in [0.29, 0.717) is 35.1 Å². The molecule has 0 saturated carbocycles. The fourth-order valence-corrected chi connectivity index (χ4v) is 5.23. The number of hydrogen-bond acceptors (Lipinski definition) is 4. The first kappa shape index (κ1) is 22.7. The zero-order valence-corrected chi connectivity index (χ0v) is 20.1. The van der Waals surface area contributed by atoms with Crippen molar-refractivity contribution in [3.8, 4) is 0 Å². The van der Waals surface area contributed by atoms with Crippen LogP contribution >= 0.6 is 11.6 Å². The van der Waals surface area contributed by atoms with Gasteiger partial charge in [-0.25, -0.2) is 4.79 Å². The summed E-state index contributed by atoms with van der Waals surface area (Å²) in [6.07, 6.45) is 3.46. The van der Waals surface area contributed by atoms with Gasteiger partial charge in [0.1, 0.15) is 11.3 Å². The number of benzene rings is 1. The van der Waals surface area contributed by atoms with Crippen LogP contribution in [-0.2, 0) is 27.2 Å². The van der Waals surface area contributed by atoms with Crippen LogP contribution in [0.1, 0.15) is 37.3 Å². The van der Waals surface area contributed by atoms with Gasteiger partial charge in [-0.2, -0.15) is 0 Å². The molecule has 1 N–H and O–H groups in total. The number of halogens is 1. The van der Waals surface area contributed by atoms with E-state index in [2.05, 4.69) is 21.7 Å². The fourth-order valence-electron chi connectivity index (χ4n) is 5.03. The molecule has 0 radical (unpaired) electrons. The highest BCUT2D eigenvalue weighted by molar-refractivity contribution is 6.31. The molecule has 32 heavy (non-hydrogen) atoms. The molecule has 0 unspecified atom stereocenters. The zero-order valence-electron chi connectivity index (χ0n) is 19.3. The molecule has 0 amide bonds. The van der Waals surface area contributed by atoms with Crippen LogP contribution in [0.3, 0.4) is 0 Å². The van der Waals surface area contributed by atoms with E-state index < -0.39 is 0 Å². The number of fused-ring (bicyclic) bond motifs is 1. The molecule has 4 rings (SSSR count). The molecule has 1 aliphatic rings. The fraction of sp³-hybridized carbons (Fsp3) is 0.500. The molecule has 8 heteroatoms. The summed E-state index contributed by atoms with van der Waals surface area (Å²) in [6.45, 7) is 5.15. The summed E-state index contributed by atoms with van der Waals surface area (Å²) in [5.74, 6) is 1.63. The van der Waals surface area contributed by atoms with E-state index in [0.717, 1.165) is 42.9 Å². The zero-order chi connectivity index (χ0) is 23.0. The number of piperidine rings is 1. The van der Waals surface area contributed by atoms with Crippen molar-refractivity contribution < 1.29 is 0 Å². The molecule has 1 fully saturated rings. The van der Waals surface area contributed by atoms with E-state index in [9.17, 15) is 9.59 Å². The Morgan fingerprint density at radius 1 is 1.12 bits per heavy atom. The Kier molecular flexibility index (Phi) is 6.49. The van der Waals surface area contributed by atoms with Crippen LogP contribution in [0.5, 0.6) is 0 Å². The molecule has 3 heterocycles. The predicted octanol–water partition coefficient (Wildman–Crippen LogP) is 3.09. The average molecular weight is 458 g/mol. The summed E-state index contributed by atoms with van der Waals surface area (Å²) in [4.78, 5) is 28.7. The quantitative estimate of drug-likeness (QED) is 0.617. The smallest absolute Gasteiger partial charge is 0.331 e. The van der Waals surface area contributed by atoms with Crippen LogP contribution in [-0.4, -0.2) is 33.8 Å². The van der Waals surface area contributed by atoms with E-state index in [1.165, 1.54) is 11.0 Å². The van der Waals surface area contributed by atoms with E-state index in [-0.39, 0.29) is 11.2 Å². The van der Waals surface area contributed by atoms with Crippen LogP contribution in [0.15, 0.2) is 33.9 Å². The molecule has 0 aliphatic carbocycles. The molecular formula is C24H32ClN5O2. The molecule has 172 valence electrons. The summed E-state index contributed by atoms with van der Waals surface area (Å²) in [6, 6.07) is 7.74. The van der Waals surface area contributed by atoms with Crippen molar-refractivity contribution in [2.24, 2.45) is 20.0 Å². The summed E-state index contributed by atoms with van der Waals surface area (Å²) < 4.78 is 4.89. The van der Waals surface area contributed by atoms with Crippen molar-refractivity contribution in [2.45, 2.75) is 39.3 Å². The Balaban J connectivity index is 2.06. The highest BCUT2D eigenvalue weighted by atomic mass is 35.5. The third-order valence-corrected chi connectivity index (χ3v) is 7.13. The van der Waals surface area contributed by atoms with Gasteiger partial charge in [-0.05, 0) is 37.4 Å². The van der Waals surface area contributed by atoms with Crippen LogP contribution < -0.4 is 21.5 Å². The largest absolute Gasteiger partial charge is 0.357 e. The minimum atomic E-state index is -0.314. The number of anilines is 1. The number of nitrogens with zero attached hydrogens (tertiary/aromatic N) is 4. The number of nitrogens with one attached hydrogen (secondary N) is 1. The molecular weight excluding hydrogens is 426 g/mol. The number of hydrogen-bond donors (Lipinski definition) is 1.